The van der Waals surface area contributed by atoms with E-state index in [0.29, 0.717) is 0 Å². The molecule has 1 amide bonds. The van der Waals surface area contributed by atoms with E-state index in [-0.39, 0.29) is 22.0 Å². The zero-order valence-electron chi connectivity index (χ0n) is 14.8. The van der Waals surface area contributed by atoms with Crippen molar-refractivity contribution in [3.63, 3.8) is 0 Å². The molecular weight excluding hydrogens is 357 g/mol. The van der Waals surface area contributed by atoms with E-state index in [2.05, 4.69) is 5.32 Å². The molecule has 1 aromatic rings. The molecule has 4 nitrogen and oxygen atoms in total. The van der Waals surface area contributed by atoms with Gasteiger partial charge in [0.05, 0.1) is 10.6 Å². The highest BCUT2D eigenvalue weighted by atomic mass is 35.5. The van der Waals surface area contributed by atoms with Gasteiger partial charge in [-0.05, 0) is 81.4 Å². The summed E-state index contributed by atoms with van der Waals surface area (Å²) in [6.45, 7) is 1.56. The number of carbonyl (C=O) groups excluding carboxylic acids is 2. The maximum Gasteiger partial charge on any atom is 0.340 e. The maximum absolute atomic E-state index is 13.1. The van der Waals surface area contributed by atoms with Crippen LogP contribution in [-0.4, -0.2) is 23.5 Å². The normalized spacial score (nSPS) is 33.0. The highest BCUT2D eigenvalue weighted by molar-refractivity contribution is 6.33. The van der Waals surface area contributed by atoms with Gasteiger partial charge >= 0.3 is 5.97 Å². The Morgan fingerprint density at radius 2 is 1.77 bits per heavy atom. The van der Waals surface area contributed by atoms with Gasteiger partial charge in [-0.1, -0.05) is 11.6 Å². The minimum Gasteiger partial charge on any atom is -0.449 e. The minimum absolute atomic E-state index is 0.0244. The molecule has 0 radical (unpaired) electrons. The molecule has 4 aliphatic rings. The predicted molar refractivity (Wildman–Crippen MR) is 95.3 cm³/mol. The Labute approximate surface area is 157 Å². The van der Waals surface area contributed by atoms with Crippen molar-refractivity contribution in [2.45, 2.75) is 57.1 Å². The molecule has 5 rings (SSSR count). The summed E-state index contributed by atoms with van der Waals surface area (Å²) < 4.78 is 18.4. The number of carbonyl (C=O) groups is 2. The number of hydrogen-bond donors (Lipinski definition) is 1. The van der Waals surface area contributed by atoms with Crippen LogP contribution < -0.4 is 5.32 Å². The first-order valence-electron chi connectivity index (χ1n) is 9.31. The zero-order chi connectivity index (χ0) is 18.5. The van der Waals surface area contributed by atoms with Crippen LogP contribution in [0.5, 0.6) is 0 Å². The lowest BCUT2D eigenvalue weighted by Crippen LogP contribution is -2.61. The third kappa shape index (κ3) is 3.34. The number of amides is 1. The second-order valence-corrected chi connectivity index (χ2v) is 8.77. The zero-order valence-corrected chi connectivity index (χ0v) is 15.5. The van der Waals surface area contributed by atoms with Crippen LogP contribution in [0.4, 0.5) is 4.39 Å². The molecule has 1 atom stereocenters. The number of ether oxygens (including phenoxy) is 1. The Hall–Kier alpha value is -1.62. The fourth-order valence-electron chi connectivity index (χ4n) is 5.56. The predicted octanol–water partition coefficient (Wildman–Crippen LogP) is 4.11. The highest BCUT2D eigenvalue weighted by Crippen LogP contribution is 2.55. The molecule has 26 heavy (non-hydrogen) atoms. The van der Waals surface area contributed by atoms with Gasteiger partial charge in [0.25, 0.3) is 5.91 Å². The van der Waals surface area contributed by atoms with Crippen molar-refractivity contribution >= 4 is 23.5 Å². The van der Waals surface area contributed by atoms with Gasteiger partial charge in [0.1, 0.15) is 5.82 Å². The van der Waals surface area contributed by atoms with E-state index in [0.717, 1.165) is 49.1 Å². The molecule has 6 heteroatoms. The van der Waals surface area contributed by atoms with E-state index in [1.54, 1.807) is 6.92 Å². The molecule has 0 heterocycles. The topological polar surface area (TPSA) is 55.4 Å². The summed E-state index contributed by atoms with van der Waals surface area (Å²) in [5.74, 6) is 0.646. The van der Waals surface area contributed by atoms with Crippen molar-refractivity contribution in [1.82, 2.24) is 5.32 Å². The largest absolute Gasteiger partial charge is 0.449 e. The molecule has 1 N–H and O–H groups in total. The lowest BCUT2D eigenvalue weighted by molar-refractivity contribution is -0.134. The van der Waals surface area contributed by atoms with Gasteiger partial charge in [0.15, 0.2) is 6.10 Å². The van der Waals surface area contributed by atoms with Gasteiger partial charge in [-0.25, -0.2) is 9.18 Å². The quantitative estimate of drug-likeness (QED) is 0.801. The van der Waals surface area contributed by atoms with Gasteiger partial charge < -0.3 is 10.1 Å². The molecule has 4 aliphatic carbocycles. The monoisotopic (exact) mass is 379 g/mol. The fourth-order valence-corrected chi connectivity index (χ4v) is 5.80. The van der Waals surface area contributed by atoms with Crippen LogP contribution in [-0.2, 0) is 9.53 Å². The number of halogens is 2. The van der Waals surface area contributed by atoms with E-state index in [1.165, 1.54) is 25.3 Å². The smallest absolute Gasteiger partial charge is 0.340 e. The molecule has 0 aromatic heterocycles. The van der Waals surface area contributed by atoms with Crippen molar-refractivity contribution in [2.75, 3.05) is 0 Å². The summed E-state index contributed by atoms with van der Waals surface area (Å²) in [6.07, 6.45) is 6.07. The fraction of sp³-hybridized carbons (Fsp3) is 0.600. The third-order valence-electron chi connectivity index (χ3n) is 6.23. The Balaban J connectivity index is 1.40. The van der Waals surface area contributed by atoms with Gasteiger partial charge in [-0.3, -0.25) is 4.79 Å². The van der Waals surface area contributed by atoms with E-state index < -0.39 is 17.9 Å². The second kappa shape index (κ2) is 6.52. The molecule has 140 valence electrons. The first-order chi connectivity index (χ1) is 12.3. The number of hydrogen-bond acceptors (Lipinski definition) is 3. The molecule has 0 saturated heterocycles. The summed E-state index contributed by atoms with van der Waals surface area (Å²) in [7, 11) is 0. The van der Waals surface area contributed by atoms with Crippen molar-refractivity contribution < 1.29 is 18.7 Å². The van der Waals surface area contributed by atoms with E-state index in [1.807, 2.05) is 0 Å². The van der Waals surface area contributed by atoms with Gasteiger partial charge in [-0.2, -0.15) is 0 Å². The van der Waals surface area contributed by atoms with Crippen LogP contribution in [0, 0.1) is 23.6 Å². The molecule has 0 unspecified atom stereocenters. The first kappa shape index (κ1) is 17.8. The summed E-state index contributed by atoms with van der Waals surface area (Å²) in [5.41, 5.74) is -0.0671. The third-order valence-corrected chi connectivity index (χ3v) is 6.54. The molecule has 0 aliphatic heterocycles. The standard InChI is InChI=1S/C20H23ClFNO3/c1-11(26-19(25)16-3-2-15(22)7-17(16)21)18(24)23-20-8-12-4-13(9-20)6-14(5-12)10-20/h2-3,7,11-14H,4-6,8-10H2,1H3,(H,23,24)/t11-,12?,13?,14?,20?/m1/s1. The average molecular weight is 380 g/mol. The van der Waals surface area contributed by atoms with Gasteiger partial charge in [0.2, 0.25) is 0 Å². The van der Waals surface area contributed by atoms with Crippen LogP contribution in [0.1, 0.15) is 55.8 Å². The molecule has 1 aromatic carbocycles. The summed E-state index contributed by atoms with van der Waals surface area (Å²) in [6, 6.07) is 3.46. The van der Waals surface area contributed by atoms with E-state index in [4.69, 9.17) is 16.3 Å². The van der Waals surface area contributed by atoms with Crippen molar-refractivity contribution in [3.8, 4) is 0 Å². The number of rotatable bonds is 4. The number of nitrogens with one attached hydrogen (secondary N) is 1. The van der Waals surface area contributed by atoms with Crippen molar-refractivity contribution in [2.24, 2.45) is 17.8 Å². The first-order valence-corrected chi connectivity index (χ1v) is 9.69. The van der Waals surface area contributed by atoms with Crippen LogP contribution in [0.25, 0.3) is 0 Å². The van der Waals surface area contributed by atoms with Gasteiger partial charge in [0, 0.05) is 5.54 Å². The lowest BCUT2D eigenvalue weighted by atomic mass is 9.53. The number of benzene rings is 1. The van der Waals surface area contributed by atoms with Crippen molar-refractivity contribution in [1.29, 1.82) is 0 Å². The van der Waals surface area contributed by atoms with Crippen LogP contribution >= 0.6 is 11.6 Å². The van der Waals surface area contributed by atoms with Crippen LogP contribution in [0.3, 0.4) is 0 Å². The minimum atomic E-state index is -0.920. The van der Waals surface area contributed by atoms with E-state index >= 15 is 0 Å². The Morgan fingerprint density at radius 1 is 1.19 bits per heavy atom. The SMILES string of the molecule is C[C@@H](OC(=O)c1ccc(F)cc1Cl)C(=O)NC12CC3CC(CC(C3)C1)C2. The van der Waals surface area contributed by atoms with Crippen LogP contribution in [0.15, 0.2) is 18.2 Å². The average Bonchev–Trinajstić information content (AvgIpc) is 2.52. The van der Waals surface area contributed by atoms with Crippen molar-refractivity contribution in [3.05, 3.63) is 34.6 Å². The maximum atomic E-state index is 13.1. The molecular formula is C20H23ClFNO3. The van der Waals surface area contributed by atoms with E-state index in [9.17, 15) is 14.0 Å². The van der Waals surface area contributed by atoms with Crippen LogP contribution in [0.2, 0.25) is 5.02 Å². The second-order valence-electron chi connectivity index (χ2n) is 8.36. The summed E-state index contributed by atoms with van der Waals surface area (Å²) >= 11 is 5.89. The van der Waals surface area contributed by atoms with Gasteiger partial charge in [-0.15, -0.1) is 0 Å². The Morgan fingerprint density at radius 3 is 2.31 bits per heavy atom. The lowest BCUT2D eigenvalue weighted by Gasteiger charge is -2.57. The Kier molecular flexibility index (Phi) is 4.46. The summed E-state index contributed by atoms with van der Waals surface area (Å²) in [5, 5.41) is 3.17. The molecule has 0 spiro atoms. The number of esters is 1. The summed E-state index contributed by atoms with van der Waals surface area (Å²) in [4.78, 5) is 24.9. The molecule has 4 saturated carbocycles. The molecule has 4 bridgehead atoms. The Bertz CT molecular complexity index is 715. The highest BCUT2D eigenvalue weighted by Gasteiger charge is 2.51. The molecule has 4 fully saturated rings.